The molecule has 0 radical (unpaired) electrons. The van der Waals surface area contributed by atoms with Crippen LogP contribution in [-0.4, -0.2) is 34.4 Å². The van der Waals surface area contributed by atoms with Gasteiger partial charge in [-0.1, -0.05) is 184 Å². The van der Waals surface area contributed by atoms with Crippen molar-refractivity contribution in [1.29, 1.82) is 0 Å². The normalized spacial score (nSPS) is 12.4. The third kappa shape index (κ3) is 64.1. The molecule has 0 saturated carbocycles. The Morgan fingerprint density at radius 3 is 1.34 bits per heavy atom. The van der Waals surface area contributed by atoms with Crippen LogP contribution in [0.5, 0.6) is 0 Å². The molecule has 0 N–H and O–H groups in total. The van der Waals surface area contributed by atoms with E-state index in [-0.39, 0.29) is 29.7 Å². The van der Waals surface area contributed by atoms with E-state index in [2.05, 4.69) is 193 Å². The average Bonchev–Trinajstić information content (AvgIpc) is 3.70. The molecule has 0 unspecified atom stereocenters. The maximum atomic E-state index is 5.73. The summed E-state index contributed by atoms with van der Waals surface area (Å²) in [5, 5.41) is 2.14. The van der Waals surface area contributed by atoms with E-state index < -0.39 is 8.32 Å². The summed E-state index contributed by atoms with van der Waals surface area (Å²) in [5.41, 5.74) is 3.92. The van der Waals surface area contributed by atoms with Crippen LogP contribution in [0.4, 0.5) is 0 Å². The Labute approximate surface area is 379 Å². The van der Waals surface area contributed by atoms with Gasteiger partial charge in [-0.15, -0.1) is 11.3 Å². The first-order valence-electron chi connectivity index (χ1n) is 20.2. The molecule has 1 aliphatic rings. The minimum Gasteiger partial charge on any atom is -0.469 e. The van der Waals surface area contributed by atoms with Crippen molar-refractivity contribution in [2.45, 2.75) is 206 Å². The summed E-state index contributed by atoms with van der Waals surface area (Å²) in [6.07, 6.45) is 14.2. The molecule has 58 heavy (non-hydrogen) atoms. The SMILES string of the molecule is C.C.C.C.CC(C)(C)CC1=CC=CC1.CC(C)(C)CCS.CC(C)(C)CO[Si](C)(C)C.CC(C)(C)Cc1ccco1.CC(C)(C)Cc1cccs1.COCC(C)(C)C. The first-order chi connectivity index (χ1) is 24.1. The Morgan fingerprint density at radius 1 is 0.638 bits per heavy atom. The molecule has 0 amide bonds. The Hall–Kier alpha value is -1.05. The van der Waals surface area contributed by atoms with Crippen LogP contribution in [0.1, 0.15) is 184 Å². The van der Waals surface area contributed by atoms with Crippen molar-refractivity contribution in [3.63, 3.8) is 0 Å². The molecule has 0 aliphatic heterocycles. The number of rotatable bonds is 7. The fourth-order valence-corrected chi connectivity index (χ4v) is 6.92. The largest absolute Gasteiger partial charge is 0.469 e. The minimum absolute atomic E-state index is 0. The summed E-state index contributed by atoms with van der Waals surface area (Å²) in [4.78, 5) is 1.49. The minimum atomic E-state index is -1.27. The molecule has 6 heteroatoms. The van der Waals surface area contributed by atoms with Crippen molar-refractivity contribution in [1.82, 2.24) is 0 Å². The van der Waals surface area contributed by atoms with Gasteiger partial charge in [0.2, 0.25) is 0 Å². The highest BCUT2D eigenvalue weighted by molar-refractivity contribution is 7.80. The fourth-order valence-electron chi connectivity index (χ4n) is 4.38. The number of hydrogen-bond donors (Lipinski definition) is 1. The Balaban J connectivity index is -0.000000107. The zero-order chi connectivity index (χ0) is 43.1. The van der Waals surface area contributed by atoms with Crippen LogP contribution in [0, 0.1) is 32.5 Å². The smallest absolute Gasteiger partial charge is 0.183 e. The maximum absolute atomic E-state index is 5.73. The molecule has 350 valence electrons. The molecule has 0 atom stereocenters. The summed E-state index contributed by atoms with van der Waals surface area (Å²) in [6, 6.07) is 8.27. The molecule has 0 saturated heterocycles. The van der Waals surface area contributed by atoms with Gasteiger partial charge in [0.15, 0.2) is 8.32 Å². The molecule has 1 aliphatic carbocycles. The van der Waals surface area contributed by atoms with E-state index in [0.717, 1.165) is 31.1 Å². The second kappa shape index (κ2) is 33.6. The molecule has 0 spiro atoms. The van der Waals surface area contributed by atoms with Crippen LogP contribution >= 0.6 is 24.0 Å². The number of allylic oxidation sites excluding steroid dienone is 4. The van der Waals surface area contributed by atoms with Gasteiger partial charge in [-0.3, -0.25) is 0 Å². The first-order valence-corrected chi connectivity index (χ1v) is 25.1. The molecule has 2 aromatic heterocycles. The summed E-state index contributed by atoms with van der Waals surface area (Å²) >= 11 is 5.96. The zero-order valence-corrected chi connectivity index (χ0v) is 42.6. The van der Waals surface area contributed by atoms with E-state index in [1.165, 1.54) is 30.6 Å². The van der Waals surface area contributed by atoms with Gasteiger partial charge in [0.1, 0.15) is 5.76 Å². The lowest BCUT2D eigenvalue weighted by Crippen LogP contribution is -2.30. The third-order valence-corrected chi connectivity index (χ3v) is 8.66. The highest BCUT2D eigenvalue weighted by Crippen LogP contribution is 2.28. The van der Waals surface area contributed by atoms with Crippen molar-refractivity contribution < 1.29 is 13.6 Å². The standard InChI is InChI=1S/C10H16.C9H14O.C9H14S.C8H20OSi.C6H14O.C6H14S.4CH4/c1-10(2,3)8-9-6-4-5-7-9;2*1-9(2,3)7-8-5-4-6-10-8;1-8(2,3)7-9-10(4,5)6;1-6(2,3)5-7-4;1-6(2,3)4-5-7;;;;/h4-6H,7-8H2,1-3H3;2*4-6H,7H2,1-3H3;7H2,1-6H3;5H2,1-4H3;7H,4-5H2,1-3H3;4*1H4. The predicted molar refractivity (Wildman–Crippen MR) is 280 cm³/mol. The number of hydrogen-bond acceptors (Lipinski definition) is 5. The van der Waals surface area contributed by atoms with Crippen LogP contribution in [0.2, 0.25) is 19.6 Å². The number of thiophene rings is 1. The maximum Gasteiger partial charge on any atom is 0.183 e. The highest BCUT2D eigenvalue weighted by atomic mass is 32.1. The Morgan fingerprint density at radius 2 is 1.12 bits per heavy atom. The van der Waals surface area contributed by atoms with Gasteiger partial charge in [0, 0.05) is 25.0 Å². The topological polar surface area (TPSA) is 31.6 Å². The van der Waals surface area contributed by atoms with Crippen molar-refractivity contribution in [2.24, 2.45) is 32.5 Å². The molecular formula is C52H108O3S2Si. The predicted octanol–water partition coefficient (Wildman–Crippen LogP) is 19.0. The highest BCUT2D eigenvalue weighted by Gasteiger charge is 2.19. The van der Waals surface area contributed by atoms with E-state index in [1.807, 2.05) is 23.5 Å². The van der Waals surface area contributed by atoms with Gasteiger partial charge in [-0.2, -0.15) is 12.6 Å². The van der Waals surface area contributed by atoms with Gasteiger partial charge in [0.05, 0.1) is 12.9 Å². The first kappa shape index (κ1) is 71.5. The molecule has 2 aromatic rings. The number of furan rings is 1. The lowest BCUT2D eigenvalue weighted by Gasteiger charge is -2.25. The zero-order valence-electron chi connectivity index (χ0n) is 39.9. The molecule has 3 rings (SSSR count). The summed E-state index contributed by atoms with van der Waals surface area (Å²) in [6.45, 7) is 48.4. The van der Waals surface area contributed by atoms with Crippen LogP contribution in [0.15, 0.2) is 64.1 Å². The van der Waals surface area contributed by atoms with Gasteiger partial charge < -0.3 is 13.6 Å². The van der Waals surface area contributed by atoms with Gasteiger partial charge in [-0.25, -0.2) is 0 Å². The fraction of sp³-hybridized carbons (Fsp3) is 0.769. The van der Waals surface area contributed by atoms with E-state index in [1.54, 1.807) is 18.9 Å². The number of methoxy groups -OCH3 is 1. The quantitative estimate of drug-likeness (QED) is 0.222. The molecule has 3 nitrogen and oxygen atoms in total. The van der Waals surface area contributed by atoms with Crippen LogP contribution in [0.25, 0.3) is 0 Å². The van der Waals surface area contributed by atoms with Crippen molar-refractivity contribution in [2.75, 3.05) is 26.1 Å². The lowest BCUT2D eigenvalue weighted by molar-refractivity contribution is 0.116. The van der Waals surface area contributed by atoms with Crippen molar-refractivity contribution in [3.8, 4) is 0 Å². The van der Waals surface area contributed by atoms with Gasteiger partial charge in [-0.05, 0) is 107 Å². The summed E-state index contributed by atoms with van der Waals surface area (Å²) in [5.74, 6) is 2.08. The average molecular weight is 874 g/mol. The van der Waals surface area contributed by atoms with Crippen LogP contribution < -0.4 is 0 Å². The second-order valence-corrected chi connectivity index (χ2v) is 28.8. The summed E-state index contributed by atoms with van der Waals surface area (Å²) in [7, 11) is 0.460. The van der Waals surface area contributed by atoms with E-state index in [9.17, 15) is 0 Å². The van der Waals surface area contributed by atoms with E-state index in [4.69, 9.17) is 13.6 Å². The summed E-state index contributed by atoms with van der Waals surface area (Å²) < 4.78 is 15.8. The van der Waals surface area contributed by atoms with Crippen LogP contribution in [0.3, 0.4) is 0 Å². The van der Waals surface area contributed by atoms with Gasteiger partial charge in [0.25, 0.3) is 0 Å². The number of thiol groups is 1. The monoisotopic (exact) mass is 873 g/mol. The Bertz CT molecular complexity index is 1120. The molecule has 0 bridgehead atoms. The molecule has 0 aromatic carbocycles. The molecule has 0 fully saturated rings. The van der Waals surface area contributed by atoms with E-state index in [0.29, 0.717) is 32.5 Å². The lowest BCUT2D eigenvalue weighted by atomic mass is 9.88. The van der Waals surface area contributed by atoms with Crippen molar-refractivity contribution >= 4 is 32.3 Å². The van der Waals surface area contributed by atoms with E-state index >= 15 is 0 Å². The second-order valence-electron chi connectivity index (χ2n) is 22.8. The van der Waals surface area contributed by atoms with Crippen molar-refractivity contribution in [3.05, 3.63) is 70.3 Å². The van der Waals surface area contributed by atoms with Crippen LogP contribution in [-0.2, 0) is 22.0 Å². The molecular weight excluding hydrogens is 765 g/mol. The Kier molecular flexibility index (Phi) is 41.3. The molecule has 2 heterocycles. The number of ether oxygens (including phenoxy) is 1. The third-order valence-electron chi connectivity index (χ3n) is 6.55. The van der Waals surface area contributed by atoms with Gasteiger partial charge >= 0.3 is 0 Å².